The summed E-state index contributed by atoms with van der Waals surface area (Å²) in [6, 6.07) is -0.557. The number of aliphatic hydroxyl groups is 1. The molecule has 104 valence electrons. The van der Waals surface area contributed by atoms with E-state index in [1.54, 1.807) is 7.11 Å². The summed E-state index contributed by atoms with van der Waals surface area (Å²) in [5.74, 6) is -1.38. The van der Waals surface area contributed by atoms with E-state index < -0.39 is 23.7 Å². The van der Waals surface area contributed by atoms with Gasteiger partial charge in [-0.3, -0.25) is 0 Å². The summed E-state index contributed by atoms with van der Waals surface area (Å²) in [7, 11) is 1.54. The number of nitrogens with one attached hydrogen (secondary N) is 2. The van der Waals surface area contributed by atoms with Gasteiger partial charge in [-0.05, 0) is 0 Å². The highest BCUT2D eigenvalue weighted by molar-refractivity contribution is 5.76. The maximum absolute atomic E-state index is 11.4. The second-order valence-electron chi connectivity index (χ2n) is 4.11. The second kappa shape index (κ2) is 6.53. The Balaban J connectivity index is 2.26. The van der Waals surface area contributed by atoms with Crippen LogP contribution in [-0.2, 0) is 14.3 Å². The largest absolute Gasteiger partial charge is 0.479 e. The van der Waals surface area contributed by atoms with E-state index in [4.69, 9.17) is 19.7 Å². The number of urea groups is 1. The van der Waals surface area contributed by atoms with Crippen LogP contribution in [0.4, 0.5) is 4.79 Å². The zero-order valence-corrected chi connectivity index (χ0v) is 10.1. The molecule has 1 unspecified atom stereocenters. The molecule has 8 heteroatoms. The van der Waals surface area contributed by atoms with E-state index in [-0.39, 0.29) is 13.1 Å². The third kappa shape index (κ3) is 4.13. The quantitative estimate of drug-likeness (QED) is 0.464. The van der Waals surface area contributed by atoms with Gasteiger partial charge in [0, 0.05) is 20.1 Å². The Morgan fingerprint density at radius 1 is 1.50 bits per heavy atom. The van der Waals surface area contributed by atoms with Crippen LogP contribution >= 0.6 is 0 Å². The van der Waals surface area contributed by atoms with Gasteiger partial charge in [0.15, 0.2) is 6.10 Å². The molecular formula is C10H18N2O6. The average molecular weight is 262 g/mol. The van der Waals surface area contributed by atoms with Crippen molar-refractivity contribution in [1.29, 1.82) is 0 Å². The standard InChI is InChI=1S/C10H18N2O6/c1-17-10(2-3-18-6-10)5-12-9(16)11-4-7(13)8(14)15/h7,13H,2-6H2,1H3,(H,14,15)(H2,11,12,16)/t7-,10?/m0/s1. The first-order valence-electron chi connectivity index (χ1n) is 5.54. The highest BCUT2D eigenvalue weighted by Gasteiger charge is 2.35. The van der Waals surface area contributed by atoms with E-state index in [2.05, 4.69) is 10.6 Å². The number of carbonyl (C=O) groups is 2. The molecule has 0 aliphatic carbocycles. The first-order valence-corrected chi connectivity index (χ1v) is 5.54. The first-order chi connectivity index (χ1) is 8.49. The highest BCUT2D eigenvalue weighted by atomic mass is 16.5. The Morgan fingerprint density at radius 3 is 2.72 bits per heavy atom. The molecule has 1 saturated heterocycles. The SMILES string of the molecule is COC1(CNC(=O)NC[C@H](O)C(=O)O)CCOC1. The van der Waals surface area contributed by atoms with E-state index >= 15 is 0 Å². The number of methoxy groups -OCH3 is 1. The molecule has 0 bridgehead atoms. The smallest absolute Gasteiger partial charge is 0.334 e. The van der Waals surface area contributed by atoms with Crippen molar-refractivity contribution >= 4 is 12.0 Å². The van der Waals surface area contributed by atoms with Gasteiger partial charge >= 0.3 is 12.0 Å². The van der Waals surface area contributed by atoms with Crippen LogP contribution in [0.2, 0.25) is 0 Å². The highest BCUT2D eigenvalue weighted by Crippen LogP contribution is 2.21. The number of carboxylic acids is 1. The number of aliphatic carboxylic acids is 1. The minimum absolute atomic E-state index is 0.262. The van der Waals surface area contributed by atoms with Gasteiger partial charge in [-0.15, -0.1) is 0 Å². The van der Waals surface area contributed by atoms with Crippen molar-refractivity contribution in [2.45, 2.75) is 18.1 Å². The van der Waals surface area contributed by atoms with Crippen LogP contribution in [0, 0.1) is 0 Å². The summed E-state index contributed by atoms with van der Waals surface area (Å²) in [6.07, 6.45) is -0.927. The van der Waals surface area contributed by atoms with Crippen molar-refractivity contribution in [1.82, 2.24) is 10.6 Å². The van der Waals surface area contributed by atoms with Crippen LogP contribution in [0.25, 0.3) is 0 Å². The molecule has 4 N–H and O–H groups in total. The molecule has 1 aliphatic rings. The van der Waals surface area contributed by atoms with Crippen LogP contribution in [0.5, 0.6) is 0 Å². The molecule has 1 aliphatic heterocycles. The van der Waals surface area contributed by atoms with E-state index in [1.807, 2.05) is 0 Å². The van der Waals surface area contributed by atoms with Gasteiger partial charge in [-0.2, -0.15) is 0 Å². The van der Waals surface area contributed by atoms with Gasteiger partial charge in [0.25, 0.3) is 0 Å². The maximum Gasteiger partial charge on any atom is 0.334 e. The summed E-state index contributed by atoms with van der Waals surface area (Å²) in [4.78, 5) is 21.7. The van der Waals surface area contributed by atoms with Gasteiger partial charge in [-0.1, -0.05) is 0 Å². The van der Waals surface area contributed by atoms with Crippen molar-refractivity contribution in [3.63, 3.8) is 0 Å². The van der Waals surface area contributed by atoms with Gasteiger partial charge in [0.05, 0.1) is 19.7 Å². The number of aliphatic hydroxyl groups excluding tert-OH is 1. The molecular weight excluding hydrogens is 244 g/mol. The number of amides is 2. The molecule has 0 radical (unpaired) electrons. The third-order valence-corrected chi connectivity index (χ3v) is 2.81. The topological polar surface area (TPSA) is 117 Å². The monoisotopic (exact) mass is 262 g/mol. The predicted molar refractivity (Wildman–Crippen MR) is 60.2 cm³/mol. The van der Waals surface area contributed by atoms with E-state index in [0.717, 1.165) is 0 Å². The molecule has 0 aromatic rings. The summed E-state index contributed by atoms with van der Waals surface area (Å²) in [6.45, 7) is 0.895. The van der Waals surface area contributed by atoms with Crippen molar-refractivity contribution in [3.8, 4) is 0 Å². The second-order valence-corrected chi connectivity index (χ2v) is 4.11. The van der Waals surface area contributed by atoms with Crippen molar-refractivity contribution < 1.29 is 29.3 Å². The molecule has 0 aromatic carbocycles. The Labute approximate surface area is 104 Å². The lowest BCUT2D eigenvalue weighted by Crippen LogP contribution is -2.49. The van der Waals surface area contributed by atoms with E-state index in [9.17, 15) is 9.59 Å². The van der Waals surface area contributed by atoms with Crippen molar-refractivity contribution in [2.24, 2.45) is 0 Å². The molecule has 1 fully saturated rings. The molecule has 2 amide bonds. The Kier molecular flexibility index (Phi) is 5.32. The van der Waals surface area contributed by atoms with Gasteiger partial charge in [0.2, 0.25) is 0 Å². The zero-order valence-electron chi connectivity index (χ0n) is 10.1. The fraction of sp³-hybridized carbons (Fsp3) is 0.800. The minimum Gasteiger partial charge on any atom is -0.479 e. The number of hydrogen-bond acceptors (Lipinski definition) is 5. The van der Waals surface area contributed by atoms with Crippen molar-refractivity contribution in [2.75, 3.05) is 33.4 Å². The van der Waals surface area contributed by atoms with E-state index in [0.29, 0.717) is 19.6 Å². The number of carbonyl (C=O) groups excluding carboxylic acids is 1. The lowest BCUT2D eigenvalue weighted by Gasteiger charge is -2.25. The molecule has 0 spiro atoms. The number of carboxylic acid groups (broad SMARTS) is 1. The lowest BCUT2D eigenvalue weighted by molar-refractivity contribution is -0.146. The maximum atomic E-state index is 11.4. The molecule has 0 saturated carbocycles. The van der Waals surface area contributed by atoms with Gasteiger partial charge in [0.1, 0.15) is 5.60 Å². The Bertz CT molecular complexity index is 303. The van der Waals surface area contributed by atoms with Gasteiger partial charge < -0.3 is 30.3 Å². The fourth-order valence-electron chi connectivity index (χ4n) is 1.54. The van der Waals surface area contributed by atoms with Crippen molar-refractivity contribution in [3.05, 3.63) is 0 Å². The molecule has 1 heterocycles. The van der Waals surface area contributed by atoms with Crippen LogP contribution in [0.3, 0.4) is 0 Å². The number of hydrogen-bond donors (Lipinski definition) is 4. The Morgan fingerprint density at radius 2 is 2.22 bits per heavy atom. The predicted octanol–water partition coefficient (Wildman–Crippen LogP) is -1.46. The number of ether oxygens (including phenoxy) is 2. The normalized spacial score (nSPS) is 24.6. The lowest BCUT2D eigenvalue weighted by atomic mass is 10.0. The van der Waals surface area contributed by atoms with E-state index in [1.165, 1.54) is 0 Å². The molecule has 2 atom stereocenters. The molecule has 1 rings (SSSR count). The van der Waals surface area contributed by atoms with Gasteiger partial charge in [-0.25, -0.2) is 9.59 Å². The zero-order chi connectivity index (χ0) is 13.6. The Hall–Kier alpha value is -1.38. The molecule has 8 nitrogen and oxygen atoms in total. The fourth-order valence-corrected chi connectivity index (χ4v) is 1.54. The first kappa shape index (κ1) is 14.7. The van der Waals surface area contributed by atoms with Crippen LogP contribution in [-0.4, -0.2) is 67.3 Å². The summed E-state index contributed by atoms with van der Waals surface area (Å²) < 4.78 is 10.5. The van der Waals surface area contributed by atoms with Crippen LogP contribution < -0.4 is 10.6 Å². The average Bonchev–Trinajstić information content (AvgIpc) is 2.82. The summed E-state index contributed by atoms with van der Waals surface area (Å²) >= 11 is 0. The molecule has 18 heavy (non-hydrogen) atoms. The number of rotatable bonds is 6. The third-order valence-electron chi connectivity index (χ3n) is 2.81. The van der Waals surface area contributed by atoms with Crippen LogP contribution in [0.1, 0.15) is 6.42 Å². The molecule has 0 aromatic heterocycles. The minimum atomic E-state index is -1.61. The summed E-state index contributed by atoms with van der Waals surface area (Å²) in [5, 5.41) is 22.2. The van der Waals surface area contributed by atoms with Crippen LogP contribution in [0.15, 0.2) is 0 Å². The summed E-state index contributed by atoms with van der Waals surface area (Å²) in [5.41, 5.74) is -0.525.